The first-order chi connectivity index (χ1) is 6.00. The van der Waals surface area contributed by atoms with E-state index in [2.05, 4.69) is 21.2 Å². The van der Waals surface area contributed by atoms with Crippen molar-refractivity contribution in [3.8, 4) is 0 Å². The number of amides is 1. The van der Waals surface area contributed by atoms with Gasteiger partial charge in [0, 0.05) is 6.92 Å². The maximum atomic E-state index is 11.1. The van der Waals surface area contributed by atoms with Gasteiger partial charge in [-0.1, -0.05) is 0 Å². The molecule has 0 bridgehead atoms. The average Bonchev–Trinajstić information content (AvgIpc) is 2.29. The lowest BCUT2D eigenvalue weighted by atomic mass is 10.2. The molecule has 1 aromatic heterocycles. The molecule has 1 amide bonds. The smallest absolute Gasteiger partial charge is 0.221 e. The first kappa shape index (κ1) is 10.4. The van der Waals surface area contributed by atoms with E-state index in [1.165, 1.54) is 25.2 Å². The Morgan fingerprint density at radius 2 is 2.08 bits per heavy atom. The molecule has 70 valence electrons. The van der Waals surface area contributed by atoms with Crippen molar-refractivity contribution < 1.29 is 9.59 Å². The zero-order chi connectivity index (χ0) is 10.0. The molecule has 0 aliphatic heterocycles. The standard InChI is InChI=1S/C8H8BrNO2S/c1-4(11)6-3-7(9)13-8(6)10-5(2)12/h3H,1-2H3,(H,10,12). The van der Waals surface area contributed by atoms with Gasteiger partial charge in [0.2, 0.25) is 5.91 Å². The predicted molar refractivity (Wildman–Crippen MR) is 56.3 cm³/mol. The van der Waals surface area contributed by atoms with Crippen LogP contribution in [0.15, 0.2) is 9.85 Å². The third kappa shape index (κ3) is 2.63. The van der Waals surface area contributed by atoms with Gasteiger partial charge in [0.25, 0.3) is 0 Å². The predicted octanol–water partition coefficient (Wildman–Crippen LogP) is 2.67. The van der Waals surface area contributed by atoms with Gasteiger partial charge >= 0.3 is 0 Å². The minimum atomic E-state index is -0.170. The fourth-order valence-electron chi connectivity index (χ4n) is 0.875. The molecular formula is C8H8BrNO2S. The molecule has 1 aromatic rings. The van der Waals surface area contributed by atoms with Crippen molar-refractivity contribution in [2.24, 2.45) is 0 Å². The first-order valence-electron chi connectivity index (χ1n) is 3.58. The van der Waals surface area contributed by atoms with E-state index in [-0.39, 0.29) is 11.7 Å². The Morgan fingerprint density at radius 1 is 1.46 bits per heavy atom. The molecule has 13 heavy (non-hydrogen) atoms. The van der Waals surface area contributed by atoms with E-state index in [1.807, 2.05) is 0 Å². The second-order valence-corrected chi connectivity index (χ2v) is 4.96. The Labute approximate surface area is 88.3 Å². The minimum Gasteiger partial charge on any atom is -0.317 e. The zero-order valence-corrected chi connectivity index (χ0v) is 9.58. The van der Waals surface area contributed by atoms with Crippen molar-refractivity contribution >= 4 is 44.0 Å². The van der Waals surface area contributed by atoms with Gasteiger partial charge in [-0.25, -0.2) is 0 Å². The number of hydrogen-bond donors (Lipinski definition) is 1. The van der Waals surface area contributed by atoms with Gasteiger partial charge in [-0.2, -0.15) is 0 Å². The van der Waals surface area contributed by atoms with Crippen molar-refractivity contribution in [1.29, 1.82) is 0 Å². The summed E-state index contributed by atoms with van der Waals surface area (Å²) >= 11 is 4.59. The van der Waals surface area contributed by atoms with Gasteiger partial charge in [0.05, 0.1) is 9.35 Å². The van der Waals surface area contributed by atoms with E-state index >= 15 is 0 Å². The summed E-state index contributed by atoms with van der Waals surface area (Å²) in [6.07, 6.45) is 0. The normalized spacial score (nSPS) is 9.77. The van der Waals surface area contributed by atoms with Crippen LogP contribution in [0.3, 0.4) is 0 Å². The number of nitrogens with one attached hydrogen (secondary N) is 1. The summed E-state index contributed by atoms with van der Waals surface area (Å²) < 4.78 is 0.835. The fourth-order valence-corrected chi connectivity index (χ4v) is 2.47. The van der Waals surface area contributed by atoms with E-state index < -0.39 is 0 Å². The van der Waals surface area contributed by atoms with Crippen molar-refractivity contribution in [3.05, 3.63) is 15.4 Å². The quantitative estimate of drug-likeness (QED) is 0.833. The molecule has 0 aliphatic carbocycles. The van der Waals surface area contributed by atoms with Crippen LogP contribution in [-0.4, -0.2) is 11.7 Å². The highest BCUT2D eigenvalue weighted by Crippen LogP contribution is 2.32. The van der Waals surface area contributed by atoms with E-state index in [0.29, 0.717) is 10.6 Å². The van der Waals surface area contributed by atoms with E-state index in [0.717, 1.165) is 3.79 Å². The Morgan fingerprint density at radius 3 is 2.54 bits per heavy atom. The van der Waals surface area contributed by atoms with Gasteiger partial charge in [-0.15, -0.1) is 11.3 Å². The highest BCUT2D eigenvalue weighted by atomic mass is 79.9. The highest BCUT2D eigenvalue weighted by molar-refractivity contribution is 9.11. The molecule has 0 fully saturated rings. The molecule has 0 unspecified atom stereocenters. The Kier molecular flexibility index (Phi) is 3.22. The molecule has 1 N–H and O–H groups in total. The SMILES string of the molecule is CC(=O)Nc1sc(Br)cc1C(C)=O. The number of carbonyl (C=O) groups excluding carboxylic acids is 2. The molecule has 0 atom stereocenters. The monoisotopic (exact) mass is 261 g/mol. The van der Waals surface area contributed by atoms with Gasteiger partial charge in [-0.05, 0) is 28.9 Å². The summed E-state index contributed by atoms with van der Waals surface area (Å²) in [6, 6.07) is 1.71. The summed E-state index contributed by atoms with van der Waals surface area (Å²) in [5, 5.41) is 3.21. The topological polar surface area (TPSA) is 46.2 Å². The van der Waals surface area contributed by atoms with Gasteiger partial charge in [0.1, 0.15) is 5.00 Å². The number of anilines is 1. The number of halogens is 1. The van der Waals surface area contributed by atoms with Crippen LogP contribution < -0.4 is 5.32 Å². The van der Waals surface area contributed by atoms with Crippen LogP contribution >= 0.6 is 27.3 Å². The Balaban J connectivity index is 3.04. The number of ketones is 1. The van der Waals surface area contributed by atoms with Crippen LogP contribution in [0.4, 0.5) is 5.00 Å². The van der Waals surface area contributed by atoms with E-state index in [9.17, 15) is 9.59 Å². The third-order valence-corrected chi connectivity index (χ3v) is 2.92. The van der Waals surface area contributed by atoms with Crippen LogP contribution in [0.25, 0.3) is 0 Å². The lowest BCUT2D eigenvalue weighted by Gasteiger charge is -1.99. The summed E-state index contributed by atoms with van der Waals surface area (Å²) in [6.45, 7) is 2.89. The van der Waals surface area contributed by atoms with Crippen LogP contribution in [0.5, 0.6) is 0 Å². The molecule has 0 aromatic carbocycles. The molecular weight excluding hydrogens is 254 g/mol. The van der Waals surface area contributed by atoms with E-state index in [4.69, 9.17) is 0 Å². The van der Waals surface area contributed by atoms with Crippen LogP contribution in [0.1, 0.15) is 24.2 Å². The number of Topliss-reactive ketones (excluding diaryl/α,β-unsaturated/α-hetero) is 1. The number of thiophene rings is 1. The largest absolute Gasteiger partial charge is 0.317 e. The van der Waals surface area contributed by atoms with Crippen molar-refractivity contribution in [2.45, 2.75) is 13.8 Å². The first-order valence-corrected chi connectivity index (χ1v) is 5.19. The average molecular weight is 262 g/mol. The molecule has 3 nitrogen and oxygen atoms in total. The molecule has 1 rings (SSSR count). The second-order valence-electron chi connectivity index (χ2n) is 2.53. The Bertz CT molecular complexity index is 359. The molecule has 0 saturated carbocycles. The van der Waals surface area contributed by atoms with Crippen molar-refractivity contribution in [2.75, 3.05) is 5.32 Å². The second kappa shape index (κ2) is 4.02. The number of hydrogen-bond acceptors (Lipinski definition) is 3. The van der Waals surface area contributed by atoms with Crippen molar-refractivity contribution in [1.82, 2.24) is 0 Å². The highest BCUT2D eigenvalue weighted by Gasteiger charge is 2.12. The number of rotatable bonds is 2. The lowest BCUT2D eigenvalue weighted by Crippen LogP contribution is -2.07. The number of carbonyl (C=O) groups is 2. The molecule has 0 saturated heterocycles. The van der Waals surface area contributed by atoms with Gasteiger partial charge in [0.15, 0.2) is 5.78 Å². The maximum absolute atomic E-state index is 11.1. The summed E-state index contributed by atoms with van der Waals surface area (Å²) in [4.78, 5) is 21.9. The van der Waals surface area contributed by atoms with Crippen LogP contribution in [0, 0.1) is 0 Å². The summed E-state index contributed by atoms with van der Waals surface area (Å²) in [5.74, 6) is -0.220. The molecule has 1 heterocycles. The lowest BCUT2D eigenvalue weighted by molar-refractivity contribution is -0.114. The maximum Gasteiger partial charge on any atom is 0.221 e. The zero-order valence-electron chi connectivity index (χ0n) is 7.18. The summed E-state index contributed by atoms with van der Waals surface area (Å²) in [7, 11) is 0. The molecule has 0 radical (unpaired) electrons. The van der Waals surface area contributed by atoms with Gasteiger partial charge in [-0.3, -0.25) is 9.59 Å². The van der Waals surface area contributed by atoms with E-state index in [1.54, 1.807) is 6.07 Å². The molecule has 5 heteroatoms. The Hall–Kier alpha value is -0.680. The van der Waals surface area contributed by atoms with Crippen LogP contribution in [0.2, 0.25) is 0 Å². The summed E-state index contributed by atoms with van der Waals surface area (Å²) in [5.41, 5.74) is 0.548. The van der Waals surface area contributed by atoms with Gasteiger partial charge < -0.3 is 5.32 Å². The fraction of sp³-hybridized carbons (Fsp3) is 0.250. The molecule has 0 spiro atoms. The minimum absolute atomic E-state index is 0.0503. The molecule has 0 aliphatic rings. The third-order valence-electron chi connectivity index (χ3n) is 1.37. The van der Waals surface area contributed by atoms with Crippen molar-refractivity contribution in [3.63, 3.8) is 0 Å². The van der Waals surface area contributed by atoms with Crippen LogP contribution in [-0.2, 0) is 4.79 Å².